The summed E-state index contributed by atoms with van der Waals surface area (Å²) in [4.78, 5) is 23.0. The highest BCUT2D eigenvalue weighted by Crippen LogP contribution is 2.30. The molecule has 2 rings (SSSR count). The number of Topliss-reactive ketones (excluding diaryl/α,β-unsaturated/α-hetero) is 1. The van der Waals surface area contributed by atoms with Crippen molar-refractivity contribution in [2.75, 3.05) is 31.2 Å². The molecule has 0 bridgehead atoms. The van der Waals surface area contributed by atoms with E-state index in [4.69, 9.17) is 27.9 Å². The van der Waals surface area contributed by atoms with E-state index in [1.165, 1.54) is 12.1 Å². The molecule has 0 aliphatic carbocycles. The maximum Gasteiger partial charge on any atom is 0.293 e. The van der Waals surface area contributed by atoms with Crippen LogP contribution >= 0.6 is 23.2 Å². The lowest BCUT2D eigenvalue weighted by atomic mass is 10.1. The summed E-state index contributed by atoms with van der Waals surface area (Å²) in [7, 11) is 0. The van der Waals surface area contributed by atoms with E-state index in [1.807, 2.05) is 4.90 Å². The highest BCUT2D eigenvalue weighted by Gasteiger charge is 2.24. The summed E-state index contributed by atoms with van der Waals surface area (Å²) < 4.78 is 5.21. The predicted molar refractivity (Wildman–Crippen MR) is 76.0 cm³/mol. The van der Waals surface area contributed by atoms with Crippen LogP contribution in [-0.4, -0.2) is 41.8 Å². The normalized spacial score (nSPS) is 15.4. The number of anilines is 1. The summed E-state index contributed by atoms with van der Waals surface area (Å²) >= 11 is 11.0. The van der Waals surface area contributed by atoms with Crippen LogP contribution in [0.15, 0.2) is 18.2 Å². The third kappa shape index (κ3) is 3.20. The van der Waals surface area contributed by atoms with Crippen LogP contribution in [0, 0.1) is 10.1 Å². The maximum atomic E-state index is 11.7. The molecule has 1 aliphatic heterocycles. The number of nitro benzene ring substituents is 1. The van der Waals surface area contributed by atoms with E-state index in [0.717, 1.165) is 0 Å². The molecular formula is C12H12Cl2N2O4. The first-order chi connectivity index (χ1) is 9.50. The fourth-order valence-corrected chi connectivity index (χ4v) is 2.27. The van der Waals surface area contributed by atoms with Gasteiger partial charge in [-0.3, -0.25) is 14.9 Å². The summed E-state index contributed by atoms with van der Waals surface area (Å²) in [6.07, 6.45) is 0. The first-order valence-corrected chi connectivity index (χ1v) is 6.81. The molecule has 1 heterocycles. The lowest BCUT2D eigenvalue weighted by Crippen LogP contribution is -2.36. The van der Waals surface area contributed by atoms with Crippen LogP contribution in [0.25, 0.3) is 0 Å². The largest absolute Gasteiger partial charge is 0.378 e. The Balaban J connectivity index is 2.37. The first-order valence-electron chi connectivity index (χ1n) is 5.94. The molecule has 1 fully saturated rings. The molecule has 0 atom stereocenters. The minimum absolute atomic E-state index is 0.128. The third-order valence-electron chi connectivity index (χ3n) is 3.01. The fourth-order valence-electron chi connectivity index (χ4n) is 2.02. The Kier molecular flexibility index (Phi) is 4.80. The van der Waals surface area contributed by atoms with Crippen molar-refractivity contribution in [1.82, 2.24) is 0 Å². The first kappa shape index (κ1) is 15.0. The van der Waals surface area contributed by atoms with Gasteiger partial charge in [0.05, 0.1) is 18.1 Å². The fraction of sp³-hybridized carbons (Fsp3) is 0.417. The van der Waals surface area contributed by atoms with Gasteiger partial charge in [0.15, 0.2) is 10.6 Å². The minimum Gasteiger partial charge on any atom is -0.378 e. The Bertz CT molecular complexity index is 530. The third-order valence-corrected chi connectivity index (χ3v) is 3.40. The smallest absolute Gasteiger partial charge is 0.293 e. The molecule has 0 aromatic heterocycles. The Morgan fingerprint density at radius 3 is 2.55 bits per heavy atom. The topological polar surface area (TPSA) is 72.7 Å². The number of halogens is 2. The molecule has 108 valence electrons. The number of carbonyl (C=O) groups is 1. The van der Waals surface area contributed by atoms with Gasteiger partial charge in [0.2, 0.25) is 0 Å². The van der Waals surface area contributed by atoms with Gasteiger partial charge >= 0.3 is 0 Å². The van der Waals surface area contributed by atoms with Crippen LogP contribution in [0.3, 0.4) is 0 Å². The van der Waals surface area contributed by atoms with Crippen molar-refractivity contribution >= 4 is 40.4 Å². The summed E-state index contributed by atoms with van der Waals surface area (Å²) in [6, 6.07) is 4.26. The molecular weight excluding hydrogens is 307 g/mol. The van der Waals surface area contributed by atoms with Crippen molar-refractivity contribution in [2.45, 2.75) is 4.84 Å². The van der Waals surface area contributed by atoms with Crippen molar-refractivity contribution < 1.29 is 14.5 Å². The molecule has 1 aromatic carbocycles. The van der Waals surface area contributed by atoms with Gasteiger partial charge in [-0.05, 0) is 12.1 Å². The zero-order valence-electron chi connectivity index (χ0n) is 10.4. The number of benzene rings is 1. The summed E-state index contributed by atoms with van der Waals surface area (Å²) in [5, 5.41) is 11.2. The van der Waals surface area contributed by atoms with E-state index in [2.05, 4.69) is 0 Å². The lowest BCUT2D eigenvalue weighted by Gasteiger charge is -2.28. The molecule has 1 saturated heterocycles. The molecule has 0 spiro atoms. The van der Waals surface area contributed by atoms with Gasteiger partial charge in [-0.1, -0.05) is 23.2 Å². The van der Waals surface area contributed by atoms with E-state index in [0.29, 0.717) is 32.0 Å². The van der Waals surface area contributed by atoms with E-state index >= 15 is 0 Å². The van der Waals surface area contributed by atoms with Crippen molar-refractivity contribution in [3.63, 3.8) is 0 Å². The Morgan fingerprint density at radius 2 is 2.00 bits per heavy atom. The molecule has 0 radical (unpaired) electrons. The second-order valence-corrected chi connectivity index (χ2v) is 5.32. The van der Waals surface area contributed by atoms with Crippen LogP contribution in [0.5, 0.6) is 0 Å². The van der Waals surface area contributed by atoms with E-state index < -0.39 is 15.5 Å². The molecule has 6 nitrogen and oxygen atoms in total. The van der Waals surface area contributed by atoms with Crippen LogP contribution in [-0.2, 0) is 4.74 Å². The molecule has 1 aliphatic rings. The minimum atomic E-state index is -1.23. The van der Waals surface area contributed by atoms with E-state index in [1.54, 1.807) is 6.07 Å². The molecule has 0 amide bonds. The van der Waals surface area contributed by atoms with Gasteiger partial charge in [0.1, 0.15) is 5.69 Å². The number of alkyl halides is 2. The van der Waals surface area contributed by atoms with Crippen LogP contribution in [0.4, 0.5) is 11.4 Å². The summed E-state index contributed by atoms with van der Waals surface area (Å²) in [6.45, 7) is 2.18. The van der Waals surface area contributed by atoms with E-state index in [9.17, 15) is 14.9 Å². The quantitative estimate of drug-likeness (QED) is 0.369. The van der Waals surface area contributed by atoms with Crippen LogP contribution in [0.2, 0.25) is 0 Å². The van der Waals surface area contributed by atoms with Gasteiger partial charge in [-0.2, -0.15) is 0 Å². The number of nitro groups is 1. The zero-order chi connectivity index (χ0) is 14.7. The van der Waals surface area contributed by atoms with Crippen molar-refractivity contribution in [3.8, 4) is 0 Å². The van der Waals surface area contributed by atoms with Gasteiger partial charge in [-0.25, -0.2) is 0 Å². The second kappa shape index (κ2) is 6.39. The molecule has 0 unspecified atom stereocenters. The standard InChI is InChI=1S/C12H12Cl2N2O4/c13-12(14)11(17)8-1-2-9(10(7-8)16(18)19)15-3-5-20-6-4-15/h1-2,7,12H,3-6H2. The number of ketones is 1. The van der Waals surface area contributed by atoms with Crippen molar-refractivity contribution in [3.05, 3.63) is 33.9 Å². The highest BCUT2D eigenvalue weighted by molar-refractivity contribution is 6.55. The number of nitrogens with zero attached hydrogens (tertiary/aromatic N) is 2. The summed E-state index contributed by atoms with van der Waals surface area (Å²) in [5.41, 5.74) is 0.464. The zero-order valence-corrected chi connectivity index (χ0v) is 11.9. The monoisotopic (exact) mass is 318 g/mol. The number of carbonyl (C=O) groups excluding carboxylic acids is 1. The Labute approximate surface area is 125 Å². The molecule has 20 heavy (non-hydrogen) atoms. The van der Waals surface area contributed by atoms with E-state index in [-0.39, 0.29) is 11.3 Å². The Morgan fingerprint density at radius 1 is 1.35 bits per heavy atom. The van der Waals surface area contributed by atoms with Gasteiger partial charge < -0.3 is 9.64 Å². The molecule has 0 saturated carbocycles. The number of ether oxygens (including phenoxy) is 1. The number of hydrogen-bond donors (Lipinski definition) is 0. The average molecular weight is 319 g/mol. The number of rotatable bonds is 4. The van der Waals surface area contributed by atoms with Crippen LogP contribution in [0.1, 0.15) is 10.4 Å². The number of morpholine rings is 1. The van der Waals surface area contributed by atoms with Crippen LogP contribution < -0.4 is 4.90 Å². The lowest BCUT2D eigenvalue weighted by molar-refractivity contribution is -0.384. The maximum absolute atomic E-state index is 11.7. The molecule has 0 N–H and O–H groups in total. The predicted octanol–water partition coefficient (Wildman–Crippen LogP) is 2.42. The van der Waals surface area contributed by atoms with Gasteiger partial charge in [0, 0.05) is 24.7 Å². The second-order valence-electron chi connectivity index (χ2n) is 4.22. The summed E-state index contributed by atoms with van der Waals surface area (Å²) in [5.74, 6) is -0.551. The van der Waals surface area contributed by atoms with Crippen molar-refractivity contribution in [1.29, 1.82) is 0 Å². The molecule has 8 heteroatoms. The molecule has 1 aromatic rings. The Hall–Kier alpha value is -1.37. The van der Waals surface area contributed by atoms with Gasteiger partial charge in [0.25, 0.3) is 5.69 Å². The van der Waals surface area contributed by atoms with Gasteiger partial charge in [-0.15, -0.1) is 0 Å². The number of hydrogen-bond acceptors (Lipinski definition) is 5. The SMILES string of the molecule is O=C(c1ccc(N2CCOCC2)c([N+](=O)[O-])c1)C(Cl)Cl. The average Bonchev–Trinajstić information content (AvgIpc) is 2.46. The highest BCUT2D eigenvalue weighted by atomic mass is 35.5. The van der Waals surface area contributed by atoms with Crippen molar-refractivity contribution in [2.24, 2.45) is 0 Å².